The first-order valence-electron chi connectivity index (χ1n) is 4.16. The van der Waals surface area contributed by atoms with Crippen LogP contribution in [0.15, 0.2) is 23.4 Å². The Kier molecular flexibility index (Phi) is 2.83. The van der Waals surface area contributed by atoms with E-state index in [-0.39, 0.29) is 17.6 Å². The van der Waals surface area contributed by atoms with Gasteiger partial charge in [0, 0.05) is 31.0 Å². The highest BCUT2D eigenvalue weighted by Crippen LogP contribution is 2.14. The lowest BCUT2D eigenvalue weighted by Crippen LogP contribution is -2.30. The summed E-state index contributed by atoms with van der Waals surface area (Å²) in [7, 11) is 0. The summed E-state index contributed by atoms with van der Waals surface area (Å²) < 4.78 is 1.54. The quantitative estimate of drug-likeness (QED) is 0.729. The van der Waals surface area contributed by atoms with Gasteiger partial charge >= 0.3 is 0 Å². The fourth-order valence-corrected chi connectivity index (χ4v) is 1.02. The Bertz CT molecular complexity index is 330. The Morgan fingerprint density at radius 2 is 2.31 bits per heavy atom. The molecule has 0 fully saturated rings. The number of rotatable bonds is 3. The van der Waals surface area contributed by atoms with E-state index < -0.39 is 0 Å². The minimum Gasteiger partial charge on any atom is -0.396 e. The van der Waals surface area contributed by atoms with Gasteiger partial charge in [0.2, 0.25) is 0 Å². The van der Waals surface area contributed by atoms with Gasteiger partial charge in [0.1, 0.15) is 0 Å². The van der Waals surface area contributed by atoms with E-state index in [1.54, 1.807) is 17.0 Å². The highest BCUT2D eigenvalue weighted by Gasteiger charge is 2.17. The minimum atomic E-state index is -0.273. The lowest BCUT2D eigenvalue weighted by molar-refractivity contribution is 0.139. The molecule has 4 heteroatoms. The van der Waals surface area contributed by atoms with Gasteiger partial charge in [-0.1, -0.05) is 13.8 Å². The molecule has 4 nitrogen and oxygen atoms in total. The number of hydrogen-bond donors (Lipinski definition) is 1. The Labute approximate surface area is 76.9 Å². The zero-order valence-corrected chi connectivity index (χ0v) is 7.90. The van der Waals surface area contributed by atoms with Gasteiger partial charge in [-0.3, -0.25) is 9.78 Å². The molecule has 1 rings (SSSR count). The van der Waals surface area contributed by atoms with E-state index in [0.29, 0.717) is 6.54 Å². The van der Waals surface area contributed by atoms with Crippen LogP contribution in [0.3, 0.4) is 0 Å². The predicted octanol–water partition coefficient (Wildman–Crippen LogP) is 0.262. The SMILES string of the molecule is CC(C)(CO)Cn1ccncc1=O. The topological polar surface area (TPSA) is 55.1 Å². The van der Waals surface area contributed by atoms with Crippen molar-refractivity contribution in [1.29, 1.82) is 0 Å². The lowest BCUT2D eigenvalue weighted by atomic mass is 9.95. The maximum atomic E-state index is 11.2. The molecule has 13 heavy (non-hydrogen) atoms. The zero-order valence-electron chi connectivity index (χ0n) is 7.90. The van der Waals surface area contributed by atoms with E-state index in [1.807, 2.05) is 13.8 Å². The Morgan fingerprint density at radius 1 is 1.62 bits per heavy atom. The standard InChI is InChI=1S/C9H14N2O2/c1-9(2,7-12)6-11-4-3-10-5-8(11)13/h3-5,12H,6-7H2,1-2H3. The Balaban J connectivity index is 2.87. The summed E-state index contributed by atoms with van der Waals surface area (Å²) in [5, 5.41) is 9.02. The third-order valence-electron chi connectivity index (χ3n) is 1.83. The van der Waals surface area contributed by atoms with Crippen LogP contribution in [0.2, 0.25) is 0 Å². The Morgan fingerprint density at radius 3 is 2.85 bits per heavy atom. The van der Waals surface area contributed by atoms with Crippen LogP contribution in [0.5, 0.6) is 0 Å². The van der Waals surface area contributed by atoms with Gasteiger partial charge < -0.3 is 9.67 Å². The van der Waals surface area contributed by atoms with Gasteiger partial charge in [-0.2, -0.15) is 0 Å². The van der Waals surface area contributed by atoms with E-state index in [9.17, 15) is 4.79 Å². The monoisotopic (exact) mass is 182 g/mol. The van der Waals surface area contributed by atoms with Gasteiger partial charge in [-0.05, 0) is 0 Å². The van der Waals surface area contributed by atoms with Crippen LogP contribution in [0, 0.1) is 5.41 Å². The van der Waals surface area contributed by atoms with Crippen LogP contribution >= 0.6 is 0 Å². The van der Waals surface area contributed by atoms with Crippen molar-refractivity contribution in [3.05, 3.63) is 28.9 Å². The zero-order chi connectivity index (χ0) is 9.90. The lowest BCUT2D eigenvalue weighted by Gasteiger charge is -2.22. The molecule has 1 aromatic heterocycles. The van der Waals surface area contributed by atoms with E-state index in [4.69, 9.17) is 5.11 Å². The number of hydrogen-bond acceptors (Lipinski definition) is 3. The van der Waals surface area contributed by atoms with Crippen molar-refractivity contribution in [3.8, 4) is 0 Å². The van der Waals surface area contributed by atoms with E-state index >= 15 is 0 Å². The Hall–Kier alpha value is -1.16. The largest absolute Gasteiger partial charge is 0.396 e. The van der Waals surface area contributed by atoms with Crippen molar-refractivity contribution in [2.24, 2.45) is 5.41 Å². The normalized spacial score (nSPS) is 11.6. The van der Waals surface area contributed by atoms with Gasteiger partial charge in [0.15, 0.2) is 0 Å². The smallest absolute Gasteiger partial charge is 0.269 e. The molecule has 0 aliphatic heterocycles. The third-order valence-corrected chi connectivity index (χ3v) is 1.83. The van der Waals surface area contributed by atoms with E-state index in [0.717, 1.165) is 0 Å². The summed E-state index contributed by atoms with van der Waals surface area (Å²) in [4.78, 5) is 14.9. The second-order valence-electron chi connectivity index (χ2n) is 3.86. The molecule has 72 valence electrons. The summed E-state index contributed by atoms with van der Waals surface area (Å²) in [5.74, 6) is 0. The molecule has 0 unspecified atom stereocenters. The van der Waals surface area contributed by atoms with E-state index in [2.05, 4.69) is 4.98 Å². The highest BCUT2D eigenvalue weighted by atomic mass is 16.3. The molecule has 0 amide bonds. The average Bonchev–Trinajstić information content (AvgIpc) is 2.09. The molecule has 0 aromatic carbocycles. The number of nitrogens with zero attached hydrogens (tertiary/aromatic N) is 2. The molecule has 1 N–H and O–H groups in total. The molecule has 0 aliphatic rings. The summed E-state index contributed by atoms with van der Waals surface area (Å²) in [6.07, 6.45) is 4.46. The summed E-state index contributed by atoms with van der Waals surface area (Å²) in [5.41, 5.74) is -0.408. The van der Waals surface area contributed by atoms with Crippen LogP contribution < -0.4 is 5.56 Å². The first-order valence-corrected chi connectivity index (χ1v) is 4.16. The second kappa shape index (κ2) is 3.70. The minimum absolute atomic E-state index is 0.0573. The summed E-state index contributed by atoms with van der Waals surface area (Å²) >= 11 is 0. The van der Waals surface area contributed by atoms with Crippen molar-refractivity contribution in [2.75, 3.05) is 6.61 Å². The fraction of sp³-hybridized carbons (Fsp3) is 0.556. The summed E-state index contributed by atoms with van der Waals surface area (Å²) in [6, 6.07) is 0. The first kappa shape index (κ1) is 9.92. The van der Waals surface area contributed by atoms with Crippen LogP contribution in [-0.2, 0) is 6.54 Å². The predicted molar refractivity (Wildman–Crippen MR) is 49.4 cm³/mol. The van der Waals surface area contributed by atoms with Gasteiger partial charge in [-0.25, -0.2) is 0 Å². The van der Waals surface area contributed by atoms with Gasteiger partial charge in [0.25, 0.3) is 5.56 Å². The van der Waals surface area contributed by atoms with Crippen LogP contribution in [-0.4, -0.2) is 21.3 Å². The van der Waals surface area contributed by atoms with Crippen molar-refractivity contribution in [3.63, 3.8) is 0 Å². The first-order chi connectivity index (χ1) is 6.05. The highest BCUT2D eigenvalue weighted by molar-refractivity contribution is 4.82. The maximum Gasteiger partial charge on any atom is 0.269 e. The van der Waals surface area contributed by atoms with Gasteiger partial charge in [-0.15, -0.1) is 0 Å². The van der Waals surface area contributed by atoms with Crippen LogP contribution in [0.1, 0.15) is 13.8 Å². The van der Waals surface area contributed by atoms with Crippen LogP contribution in [0.25, 0.3) is 0 Å². The maximum absolute atomic E-state index is 11.2. The van der Waals surface area contributed by atoms with Crippen LogP contribution in [0.4, 0.5) is 0 Å². The van der Waals surface area contributed by atoms with Crippen molar-refractivity contribution >= 4 is 0 Å². The fourth-order valence-electron chi connectivity index (χ4n) is 1.02. The molecule has 0 spiro atoms. The molecule has 0 bridgehead atoms. The van der Waals surface area contributed by atoms with E-state index in [1.165, 1.54) is 6.20 Å². The summed E-state index contributed by atoms with van der Waals surface area (Å²) in [6.45, 7) is 4.37. The molecule has 0 atom stereocenters. The third kappa shape index (κ3) is 2.66. The molecule has 0 saturated heterocycles. The number of aliphatic hydroxyl groups excluding tert-OH is 1. The van der Waals surface area contributed by atoms with Gasteiger partial charge in [0.05, 0.1) is 6.20 Å². The molecular weight excluding hydrogens is 168 g/mol. The molecule has 1 aromatic rings. The second-order valence-corrected chi connectivity index (χ2v) is 3.86. The number of aromatic nitrogens is 2. The molecule has 0 aliphatic carbocycles. The molecule has 0 saturated carbocycles. The average molecular weight is 182 g/mol. The molecule has 0 radical (unpaired) electrons. The molecule has 1 heterocycles. The number of aliphatic hydroxyl groups is 1. The van der Waals surface area contributed by atoms with Crippen molar-refractivity contribution in [1.82, 2.24) is 9.55 Å². The molecular formula is C9H14N2O2. The van der Waals surface area contributed by atoms with Crippen molar-refractivity contribution < 1.29 is 5.11 Å². The van der Waals surface area contributed by atoms with Crippen molar-refractivity contribution in [2.45, 2.75) is 20.4 Å².